The van der Waals surface area contributed by atoms with Crippen LogP contribution in [0.15, 0.2) is 22.7 Å². The summed E-state index contributed by atoms with van der Waals surface area (Å²) in [4.78, 5) is 38.2. The van der Waals surface area contributed by atoms with Crippen molar-refractivity contribution < 1.29 is 19.1 Å². The number of Topliss-reactive ketones (excluding diaryl/α,β-unsaturated/α-hetero) is 2. The summed E-state index contributed by atoms with van der Waals surface area (Å²) in [6.07, 6.45) is 0. The standard InChI is InChI=1S/C20H21BrN2O4/c1-5-27-20(26)16-14(9-22-10(2)3)23(4)17-15(16)13-8-11(21)6-7-12(13)18(24)19(17)25/h6-8,10,22H,5,9H2,1-4H3. The Morgan fingerprint density at radius 2 is 1.93 bits per heavy atom. The Bertz CT molecular complexity index is 959. The molecule has 1 N–H and O–H groups in total. The third kappa shape index (κ3) is 3.26. The number of ether oxygens (including phenoxy) is 1. The average Bonchev–Trinajstić information content (AvgIpc) is 2.90. The van der Waals surface area contributed by atoms with Gasteiger partial charge in [0.1, 0.15) is 5.69 Å². The van der Waals surface area contributed by atoms with Crippen molar-refractivity contribution in [2.45, 2.75) is 33.4 Å². The number of hydrogen-bond acceptors (Lipinski definition) is 5. The second kappa shape index (κ2) is 7.40. The van der Waals surface area contributed by atoms with Crippen molar-refractivity contribution in [1.82, 2.24) is 9.88 Å². The molecule has 0 bridgehead atoms. The van der Waals surface area contributed by atoms with Crippen LogP contribution in [0.1, 0.15) is 57.7 Å². The summed E-state index contributed by atoms with van der Waals surface area (Å²) < 4.78 is 7.67. The molecule has 1 aliphatic rings. The normalized spacial score (nSPS) is 13.0. The molecule has 0 aliphatic heterocycles. The third-order valence-corrected chi connectivity index (χ3v) is 5.08. The Labute approximate surface area is 166 Å². The van der Waals surface area contributed by atoms with Crippen molar-refractivity contribution in [2.24, 2.45) is 7.05 Å². The van der Waals surface area contributed by atoms with Gasteiger partial charge in [-0.3, -0.25) is 9.59 Å². The first-order chi connectivity index (χ1) is 12.8. The molecule has 0 amide bonds. The highest BCUT2D eigenvalue weighted by Crippen LogP contribution is 2.40. The fourth-order valence-corrected chi connectivity index (χ4v) is 3.70. The number of hydrogen-bond donors (Lipinski definition) is 1. The fraction of sp³-hybridized carbons (Fsp3) is 0.350. The van der Waals surface area contributed by atoms with E-state index < -0.39 is 17.5 Å². The first-order valence-corrected chi connectivity index (χ1v) is 9.58. The van der Waals surface area contributed by atoms with Crippen molar-refractivity contribution in [2.75, 3.05) is 6.61 Å². The molecule has 0 radical (unpaired) electrons. The average molecular weight is 433 g/mol. The molecule has 27 heavy (non-hydrogen) atoms. The lowest BCUT2D eigenvalue weighted by Gasteiger charge is -2.17. The summed E-state index contributed by atoms with van der Waals surface area (Å²) in [5.74, 6) is -1.67. The van der Waals surface area contributed by atoms with E-state index in [2.05, 4.69) is 21.2 Å². The molecule has 0 fully saturated rings. The van der Waals surface area contributed by atoms with E-state index in [9.17, 15) is 14.4 Å². The van der Waals surface area contributed by atoms with E-state index in [0.29, 0.717) is 34.5 Å². The molecule has 1 aromatic carbocycles. The minimum absolute atomic E-state index is 0.186. The highest BCUT2D eigenvalue weighted by Gasteiger charge is 2.39. The van der Waals surface area contributed by atoms with E-state index in [0.717, 1.165) is 4.47 Å². The number of carbonyl (C=O) groups is 3. The largest absolute Gasteiger partial charge is 0.462 e. The lowest BCUT2D eigenvalue weighted by atomic mass is 9.85. The fourth-order valence-electron chi connectivity index (χ4n) is 3.34. The molecule has 1 aromatic heterocycles. The maximum absolute atomic E-state index is 12.8. The lowest BCUT2D eigenvalue weighted by Crippen LogP contribution is -2.25. The number of aromatic nitrogens is 1. The molecule has 3 rings (SSSR count). The van der Waals surface area contributed by atoms with Crippen LogP contribution < -0.4 is 5.32 Å². The molecule has 2 aromatic rings. The van der Waals surface area contributed by atoms with Crippen molar-refractivity contribution >= 4 is 33.5 Å². The van der Waals surface area contributed by atoms with Crippen molar-refractivity contribution in [3.05, 3.63) is 45.2 Å². The SMILES string of the molecule is CCOC(=O)c1c2c(n(C)c1CNC(C)C)C(=O)C(=O)c1ccc(Br)cc1-2. The van der Waals surface area contributed by atoms with E-state index in [1.165, 1.54) is 0 Å². The third-order valence-electron chi connectivity index (χ3n) is 4.59. The molecule has 0 spiro atoms. The van der Waals surface area contributed by atoms with E-state index in [1.54, 1.807) is 36.7 Å². The molecule has 142 valence electrons. The van der Waals surface area contributed by atoms with Crippen molar-refractivity contribution in [3.63, 3.8) is 0 Å². The summed E-state index contributed by atoms with van der Waals surface area (Å²) in [5, 5.41) is 3.28. The number of fused-ring (bicyclic) bond motifs is 3. The van der Waals surface area contributed by atoms with Crippen molar-refractivity contribution in [3.8, 4) is 11.1 Å². The second-order valence-corrected chi connectivity index (χ2v) is 7.62. The molecule has 1 heterocycles. The second-order valence-electron chi connectivity index (χ2n) is 6.71. The Balaban J connectivity index is 2.34. The van der Waals surface area contributed by atoms with Crippen LogP contribution >= 0.6 is 15.9 Å². The smallest absolute Gasteiger partial charge is 0.340 e. The van der Waals surface area contributed by atoms with Gasteiger partial charge in [0.05, 0.1) is 12.2 Å². The van der Waals surface area contributed by atoms with Gasteiger partial charge in [0.25, 0.3) is 5.78 Å². The number of nitrogens with zero attached hydrogens (tertiary/aromatic N) is 1. The van der Waals surface area contributed by atoms with E-state index in [-0.39, 0.29) is 18.3 Å². The van der Waals surface area contributed by atoms with Crippen LogP contribution in [0.5, 0.6) is 0 Å². The summed E-state index contributed by atoms with van der Waals surface area (Å²) in [5.41, 5.74) is 2.53. The van der Waals surface area contributed by atoms with Crippen LogP contribution in [0.2, 0.25) is 0 Å². The zero-order valence-corrected chi connectivity index (χ0v) is 17.3. The number of halogens is 1. The van der Waals surface area contributed by atoms with E-state index in [1.807, 2.05) is 13.8 Å². The highest BCUT2D eigenvalue weighted by atomic mass is 79.9. The predicted molar refractivity (Wildman–Crippen MR) is 105 cm³/mol. The van der Waals surface area contributed by atoms with Crippen molar-refractivity contribution in [1.29, 1.82) is 0 Å². The molecule has 1 aliphatic carbocycles. The molecular formula is C20H21BrN2O4. The minimum atomic E-state index is -0.608. The Morgan fingerprint density at radius 1 is 1.22 bits per heavy atom. The number of esters is 1. The number of benzene rings is 1. The van der Waals surface area contributed by atoms with Crippen LogP contribution in [0.25, 0.3) is 11.1 Å². The van der Waals surface area contributed by atoms with E-state index in [4.69, 9.17) is 4.74 Å². The van der Waals surface area contributed by atoms with Crippen LogP contribution in [0, 0.1) is 0 Å². The quantitative estimate of drug-likeness (QED) is 0.577. The van der Waals surface area contributed by atoms with Crippen LogP contribution in [0.4, 0.5) is 0 Å². The van der Waals surface area contributed by atoms with Gasteiger partial charge in [-0.25, -0.2) is 4.79 Å². The minimum Gasteiger partial charge on any atom is -0.462 e. The Morgan fingerprint density at radius 3 is 2.56 bits per heavy atom. The molecular weight excluding hydrogens is 412 g/mol. The number of ketones is 2. The monoisotopic (exact) mass is 432 g/mol. The first kappa shape index (κ1) is 19.5. The number of nitrogens with one attached hydrogen (secondary N) is 1. The van der Waals surface area contributed by atoms with Gasteiger partial charge < -0.3 is 14.6 Å². The van der Waals surface area contributed by atoms with Crippen LogP contribution in [0.3, 0.4) is 0 Å². The maximum Gasteiger partial charge on any atom is 0.340 e. The summed E-state index contributed by atoms with van der Waals surface area (Å²) in [6, 6.07) is 5.27. The Hall–Kier alpha value is -2.25. The van der Waals surface area contributed by atoms with Crippen LogP contribution in [-0.4, -0.2) is 34.8 Å². The summed E-state index contributed by atoms with van der Waals surface area (Å²) in [6.45, 7) is 6.32. The topological polar surface area (TPSA) is 77.4 Å². The zero-order chi connectivity index (χ0) is 19.9. The van der Waals surface area contributed by atoms with Crippen LogP contribution in [-0.2, 0) is 18.3 Å². The van der Waals surface area contributed by atoms with Gasteiger partial charge in [0, 0.05) is 40.9 Å². The molecule has 0 saturated heterocycles. The first-order valence-electron chi connectivity index (χ1n) is 8.78. The molecule has 6 nitrogen and oxygen atoms in total. The molecule has 0 saturated carbocycles. The van der Waals surface area contributed by atoms with Gasteiger partial charge in [-0.15, -0.1) is 0 Å². The summed E-state index contributed by atoms with van der Waals surface area (Å²) in [7, 11) is 1.70. The molecule has 0 unspecified atom stereocenters. The molecule has 7 heteroatoms. The summed E-state index contributed by atoms with van der Waals surface area (Å²) >= 11 is 3.41. The maximum atomic E-state index is 12.8. The van der Waals surface area contributed by atoms with Gasteiger partial charge in [0.15, 0.2) is 0 Å². The Kier molecular flexibility index (Phi) is 5.35. The number of rotatable bonds is 5. The predicted octanol–water partition coefficient (Wildman–Crippen LogP) is 3.51. The lowest BCUT2D eigenvalue weighted by molar-refractivity contribution is 0.0525. The van der Waals surface area contributed by atoms with Gasteiger partial charge in [-0.1, -0.05) is 29.8 Å². The van der Waals surface area contributed by atoms with Gasteiger partial charge in [-0.05, 0) is 30.7 Å². The number of carbonyl (C=O) groups excluding carboxylic acids is 3. The van der Waals surface area contributed by atoms with E-state index >= 15 is 0 Å². The molecule has 0 atom stereocenters. The van der Waals surface area contributed by atoms with Gasteiger partial charge in [-0.2, -0.15) is 0 Å². The zero-order valence-electron chi connectivity index (χ0n) is 15.7. The highest BCUT2D eigenvalue weighted by molar-refractivity contribution is 9.10. The van der Waals surface area contributed by atoms with Gasteiger partial charge >= 0.3 is 5.97 Å². The van der Waals surface area contributed by atoms with Gasteiger partial charge in [0.2, 0.25) is 5.78 Å².